The van der Waals surface area contributed by atoms with E-state index in [2.05, 4.69) is 6.07 Å². The van der Waals surface area contributed by atoms with E-state index in [1.165, 1.54) is 10.6 Å². The Morgan fingerprint density at radius 1 is 1.44 bits per heavy atom. The van der Waals surface area contributed by atoms with Gasteiger partial charge in [-0.3, -0.25) is 0 Å². The molecule has 1 aromatic heterocycles. The first kappa shape index (κ1) is 11.7. The van der Waals surface area contributed by atoms with Gasteiger partial charge in [0.05, 0.1) is 12.8 Å². The highest BCUT2D eigenvalue weighted by Gasteiger charge is 2.20. The zero-order valence-corrected chi connectivity index (χ0v) is 11.2. The van der Waals surface area contributed by atoms with Crippen LogP contribution in [0.5, 0.6) is 5.75 Å². The van der Waals surface area contributed by atoms with Crippen LogP contribution in [0.15, 0.2) is 24.3 Å². The lowest BCUT2D eigenvalue weighted by Crippen LogP contribution is -2.26. The van der Waals surface area contributed by atoms with Crippen molar-refractivity contribution in [3.05, 3.63) is 34.8 Å². The minimum Gasteiger partial charge on any atom is -0.497 e. The SMILES string of the molecule is COc1cccc(-c2nc3c(s2)CC(N)CC3)c1. The van der Waals surface area contributed by atoms with Gasteiger partial charge in [-0.15, -0.1) is 11.3 Å². The molecule has 1 aliphatic carbocycles. The molecule has 0 aliphatic heterocycles. The molecule has 0 spiro atoms. The number of hydrogen-bond donors (Lipinski definition) is 1. The van der Waals surface area contributed by atoms with Gasteiger partial charge in [-0.2, -0.15) is 0 Å². The number of fused-ring (bicyclic) bond motifs is 1. The molecule has 3 nitrogen and oxygen atoms in total. The molecule has 0 saturated heterocycles. The monoisotopic (exact) mass is 260 g/mol. The summed E-state index contributed by atoms with van der Waals surface area (Å²) in [6.45, 7) is 0. The Bertz CT molecular complexity index is 565. The Balaban J connectivity index is 1.97. The summed E-state index contributed by atoms with van der Waals surface area (Å²) in [7, 11) is 1.69. The van der Waals surface area contributed by atoms with E-state index >= 15 is 0 Å². The molecule has 0 amide bonds. The van der Waals surface area contributed by atoms with Crippen LogP contribution in [0.2, 0.25) is 0 Å². The molecule has 0 fully saturated rings. The quantitative estimate of drug-likeness (QED) is 0.903. The molecule has 1 aliphatic rings. The Labute approximate surface area is 111 Å². The standard InChI is InChI=1S/C14H16N2OS/c1-17-11-4-2-3-9(7-11)14-16-12-6-5-10(15)8-13(12)18-14/h2-4,7,10H,5-6,8,15H2,1H3. The molecule has 1 atom stereocenters. The summed E-state index contributed by atoms with van der Waals surface area (Å²) in [5.74, 6) is 0.873. The van der Waals surface area contributed by atoms with Crippen LogP contribution >= 0.6 is 11.3 Å². The molecule has 0 saturated carbocycles. The lowest BCUT2D eigenvalue weighted by Gasteiger charge is -2.15. The lowest BCUT2D eigenvalue weighted by molar-refractivity contribution is 0.415. The van der Waals surface area contributed by atoms with Crippen molar-refractivity contribution in [2.75, 3.05) is 7.11 Å². The van der Waals surface area contributed by atoms with E-state index in [-0.39, 0.29) is 0 Å². The van der Waals surface area contributed by atoms with Gasteiger partial charge in [-0.1, -0.05) is 12.1 Å². The van der Waals surface area contributed by atoms with Crippen molar-refractivity contribution >= 4 is 11.3 Å². The average molecular weight is 260 g/mol. The molecule has 4 heteroatoms. The third-order valence-corrected chi connectivity index (χ3v) is 4.46. The zero-order valence-electron chi connectivity index (χ0n) is 10.3. The van der Waals surface area contributed by atoms with Gasteiger partial charge in [0.1, 0.15) is 10.8 Å². The second-order valence-electron chi connectivity index (χ2n) is 4.62. The maximum atomic E-state index is 6.00. The molecule has 94 valence electrons. The fraction of sp³-hybridized carbons (Fsp3) is 0.357. The minimum absolute atomic E-state index is 0.302. The summed E-state index contributed by atoms with van der Waals surface area (Å²) in [4.78, 5) is 6.09. The van der Waals surface area contributed by atoms with Gasteiger partial charge in [0.25, 0.3) is 0 Å². The largest absolute Gasteiger partial charge is 0.497 e. The molecule has 18 heavy (non-hydrogen) atoms. The van der Waals surface area contributed by atoms with Gasteiger partial charge in [0, 0.05) is 16.5 Å². The van der Waals surface area contributed by atoms with Crippen molar-refractivity contribution in [2.45, 2.75) is 25.3 Å². The van der Waals surface area contributed by atoms with Crippen molar-refractivity contribution in [3.8, 4) is 16.3 Å². The predicted octanol–water partition coefficient (Wildman–Crippen LogP) is 2.63. The molecular weight excluding hydrogens is 244 g/mol. The lowest BCUT2D eigenvalue weighted by atomic mass is 9.99. The van der Waals surface area contributed by atoms with Crippen LogP contribution < -0.4 is 10.5 Å². The minimum atomic E-state index is 0.302. The molecule has 2 N–H and O–H groups in total. The Hall–Kier alpha value is -1.39. The number of methoxy groups -OCH3 is 1. The summed E-state index contributed by atoms with van der Waals surface area (Å²) in [6.07, 6.45) is 3.03. The molecule has 2 aromatic rings. The normalized spacial score (nSPS) is 18.4. The fourth-order valence-electron chi connectivity index (χ4n) is 2.28. The van der Waals surface area contributed by atoms with E-state index in [4.69, 9.17) is 15.5 Å². The Kier molecular flexibility index (Phi) is 3.06. The molecule has 1 unspecified atom stereocenters. The first-order valence-electron chi connectivity index (χ1n) is 6.15. The van der Waals surface area contributed by atoms with Gasteiger partial charge in [0.15, 0.2) is 0 Å². The van der Waals surface area contributed by atoms with E-state index in [1.807, 2.05) is 18.2 Å². The first-order chi connectivity index (χ1) is 8.76. The topological polar surface area (TPSA) is 48.1 Å². The van der Waals surface area contributed by atoms with Crippen LogP contribution in [0.1, 0.15) is 17.0 Å². The highest BCUT2D eigenvalue weighted by molar-refractivity contribution is 7.15. The van der Waals surface area contributed by atoms with Crippen LogP contribution in [-0.2, 0) is 12.8 Å². The first-order valence-corrected chi connectivity index (χ1v) is 6.96. The predicted molar refractivity (Wildman–Crippen MR) is 74.1 cm³/mol. The maximum Gasteiger partial charge on any atom is 0.124 e. The Morgan fingerprint density at radius 3 is 3.17 bits per heavy atom. The number of rotatable bonds is 2. The Morgan fingerprint density at radius 2 is 2.33 bits per heavy atom. The second kappa shape index (κ2) is 4.71. The van der Waals surface area contributed by atoms with Gasteiger partial charge in [0.2, 0.25) is 0 Å². The molecule has 3 rings (SSSR count). The van der Waals surface area contributed by atoms with E-state index < -0.39 is 0 Å². The summed E-state index contributed by atoms with van der Waals surface area (Å²) in [6, 6.07) is 8.36. The number of aryl methyl sites for hydroxylation is 1. The number of thiazole rings is 1. The van der Waals surface area contributed by atoms with Crippen molar-refractivity contribution in [1.29, 1.82) is 0 Å². The van der Waals surface area contributed by atoms with Gasteiger partial charge >= 0.3 is 0 Å². The molecule has 1 aromatic carbocycles. The van der Waals surface area contributed by atoms with Crippen molar-refractivity contribution in [3.63, 3.8) is 0 Å². The summed E-state index contributed by atoms with van der Waals surface area (Å²) in [5, 5.41) is 1.08. The summed E-state index contributed by atoms with van der Waals surface area (Å²) < 4.78 is 5.25. The van der Waals surface area contributed by atoms with E-state index in [0.29, 0.717) is 6.04 Å². The number of ether oxygens (including phenoxy) is 1. The zero-order chi connectivity index (χ0) is 12.5. The average Bonchev–Trinajstić information content (AvgIpc) is 2.81. The third-order valence-electron chi connectivity index (χ3n) is 3.29. The van der Waals surface area contributed by atoms with Crippen LogP contribution in [0.4, 0.5) is 0 Å². The smallest absolute Gasteiger partial charge is 0.124 e. The number of benzene rings is 1. The van der Waals surface area contributed by atoms with Crippen molar-refractivity contribution < 1.29 is 4.74 Å². The summed E-state index contributed by atoms with van der Waals surface area (Å²) in [5.41, 5.74) is 8.36. The van der Waals surface area contributed by atoms with E-state index in [0.717, 1.165) is 35.6 Å². The van der Waals surface area contributed by atoms with E-state index in [9.17, 15) is 0 Å². The van der Waals surface area contributed by atoms with E-state index in [1.54, 1.807) is 18.4 Å². The van der Waals surface area contributed by atoms with Crippen molar-refractivity contribution in [2.24, 2.45) is 5.73 Å². The van der Waals surface area contributed by atoms with Crippen LogP contribution in [-0.4, -0.2) is 18.1 Å². The fourth-order valence-corrected chi connectivity index (χ4v) is 3.48. The maximum absolute atomic E-state index is 6.00. The summed E-state index contributed by atoms with van der Waals surface area (Å²) >= 11 is 1.76. The van der Waals surface area contributed by atoms with Gasteiger partial charge < -0.3 is 10.5 Å². The molecule has 0 radical (unpaired) electrons. The van der Waals surface area contributed by atoms with Crippen LogP contribution in [0.25, 0.3) is 10.6 Å². The molecular formula is C14H16N2OS. The van der Waals surface area contributed by atoms with Gasteiger partial charge in [-0.25, -0.2) is 4.98 Å². The number of aromatic nitrogens is 1. The number of hydrogen-bond acceptors (Lipinski definition) is 4. The van der Waals surface area contributed by atoms with Crippen LogP contribution in [0, 0.1) is 0 Å². The molecule has 0 bridgehead atoms. The molecule has 1 heterocycles. The second-order valence-corrected chi connectivity index (χ2v) is 5.71. The highest BCUT2D eigenvalue weighted by Crippen LogP contribution is 2.33. The third kappa shape index (κ3) is 2.13. The van der Waals surface area contributed by atoms with Crippen LogP contribution in [0.3, 0.4) is 0 Å². The van der Waals surface area contributed by atoms with Gasteiger partial charge in [-0.05, 0) is 31.4 Å². The highest BCUT2D eigenvalue weighted by atomic mass is 32.1. The number of nitrogens with zero attached hydrogens (tertiary/aromatic N) is 1. The van der Waals surface area contributed by atoms with Crippen molar-refractivity contribution in [1.82, 2.24) is 4.98 Å². The number of nitrogens with two attached hydrogens (primary N) is 1.